The van der Waals surface area contributed by atoms with Crippen LogP contribution in [0.2, 0.25) is 0 Å². The summed E-state index contributed by atoms with van der Waals surface area (Å²) in [5, 5.41) is 2.94. The molecule has 2 rings (SSSR count). The summed E-state index contributed by atoms with van der Waals surface area (Å²) in [6, 6.07) is 0.0921. The Labute approximate surface area is 108 Å². The van der Waals surface area contributed by atoms with E-state index in [2.05, 4.69) is 24.1 Å². The van der Waals surface area contributed by atoms with E-state index in [0.717, 1.165) is 19.4 Å². The largest absolute Gasteiger partial charge is 0.469 e. The second-order valence-corrected chi connectivity index (χ2v) is 6.08. The van der Waals surface area contributed by atoms with Crippen molar-refractivity contribution in [3.8, 4) is 0 Å². The minimum Gasteiger partial charge on any atom is -0.469 e. The summed E-state index contributed by atoms with van der Waals surface area (Å²) in [6.45, 7) is 5.79. The van der Waals surface area contributed by atoms with E-state index < -0.39 is 0 Å². The molecule has 18 heavy (non-hydrogen) atoms. The van der Waals surface area contributed by atoms with Crippen molar-refractivity contribution in [2.24, 2.45) is 5.41 Å². The van der Waals surface area contributed by atoms with Crippen LogP contribution in [0.5, 0.6) is 0 Å². The van der Waals surface area contributed by atoms with Crippen LogP contribution < -0.4 is 5.32 Å². The highest BCUT2D eigenvalue weighted by atomic mass is 16.5. The molecule has 0 aromatic heterocycles. The fourth-order valence-corrected chi connectivity index (χ4v) is 2.50. The van der Waals surface area contributed by atoms with E-state index in [1.807, 2.05) is 0 Å². The van der Waals surface area contributed by atoms with Gasteiger partial charge in [-0.25, -0.2) is 0 Å². The molecular formula is C13H22N2O3. The number of hydrogen-bond acceptors (Lipinski definition) is 4. The van der Waals surface area contributed by atoms with Gasteiger partial charge in [-0.3, -0.25) is 14.5 Å². The number of carbonyl (C=O) groups excluding carboxylic acids is 2. The Hall–Kier alpha value is -1.10. The molecule has 0 radical (unpaired) electrons. The maximum atomic E-state index is 12.1. The van der Waals surface area contributed by atoms with E-state index in [0.29, 0.717) is 12.6 Å². The Morgan fingerprint density at radius 1 is 1.50 bits per heavy atom. The van der Waals surface area contributed by atoms with E-state index >= 15 is 0 Å². The molecule has 0 aromatic carbocycles. The number of hydrogen-bond donors (Lipinski definition) is 1. The number of nitrogens with zero attached hydrogens (tertiary/aromatic N) is 1. The van der Waals surface area contributed by atoms with Gasteiger partial charge in [0.05, 0.1) is 19.6 Å². The summed E-state index contributed by atoms with van der Waals surface area (Å²) < 4.78 is 4.70. The SMILES string of the molecule is COC(=O)CC1C(=O)NCC(C)(C)CN1C1CC1. The molecule has 0 aromatic rings. The molecule has 0 bridgehead atoms. The third-order valence-corrected chi connectivity index (χ3v) is 3.66. The van der Waals surface area contributed by atoms with Crippen LogP contribution in [0.1, 0.15) is 33.1 Å². The van der Waals surface area contributed by atoms with Crippen molar-refractivity contribution in [3.05, 3.63) is 0 Å². The summed E-state index contributed by atoms with van der Waals surface area (Å²) in [5.74, 6) is -0.363. The van der Waals surface area contributed by atoms with Crippen LogP contribution in [0, 0.1) is 5.41 Å². The first kappa shape index (κ1) is 13.3. The van der Waals surface area contributed by atoms with Gasteiger partial charge in [0.2, 0.25) is 5.91 Å². The van der Waals surface area contributed by atoms with Gasteiger partial charge in [-0.05, 0) is 18.3 Å². The molecule has 102 valence electrons. The maximum absolute atomic E-state index is 12.1. The van der Waals surface area contributed by atoms with Crippen molar-refractivity contribution in [3.63, 3.8) is 0 Å². The number of carbonyl (C=O) groups is 2. The third kappa shape index (κ3) is 3.02. The molecule has 1 atom stereocenters. The lowest BCUT2D eigenvalue weighted by Gasteiger charge is -2.32. The molecule has 5 nitrogen and oxygen atoms in total. The zero-order valence-electron chi connectivity index (χ0n) is 11.4. The molecule has 1 N–H and O–H groups in total. The summed E-state index contributed by atoms with van der Waals surface area (Å²) in [5.41, 5.74) is 0.0448. The highest BCUT2D eigenvalue weighted by Gasteiger charge is 2.43. The Morgan fingerprint density at radius 2 is 2.17 bits per heavy atom. The van der Waals surface area contributed by atoms with Crippen LogP contribution in [-0.4, -0.2) is 49.1 Å². The van der Waals surface area contributed by atoms with Gasteiger partial charge in [-0.1, -0.05) is 13.8 Å². The lowest BCUT2D eigenvalue weighted by molar-refractivity contribution is -0.144. The van der Waals surface area contributed by atoms with Gasteiger partial charge in [0.1, 0.15) is 0 Å². The third-order valence-electron chi connectivity index (χ3n) is 3.66. The van der Waals surface area contributed by atoms with Crippen LogP contribution in [0.3, 0.4) is 0 Å². The Balaban J connectivity index is 2.15. The topological polar surface area (TPSA) is 58.6 Å². The van der Waals surface area contributed by atoms with Gasteiger partial charge < -0.3 is 10.1 Å². The second-order valence-electron chi connectivity index (χ2n) is 6.08. The zero-order chi connectivity index (χ0) is 13.3. The van der Waals surface area contributed by atoms with Crippen LogP contribution in [-0.2, 0) is 14.3 Å². The number of rotatable bonds is 3. The van der Waals surface area contributed by atoms with Crippen LogP contribution >= 0.6 is 0 Å². The van der Waals surface area contributed by atoms with E-state index in [4.69, 9.17) is 4.74 Å². The van der Waals surface area contributed by atoms with E-state index in [9.17, 15) is 9.59 Å². The van der Waals surface area contributed by atoms with Gasteiger partial charge in [0.15, 0.2) is 0 Å². The summed E-state index contributed by atoms with van der Waals surface area (Å²) in [4.78, 5) is 25.8. The maximum Gasteiger partial charge on any atom is 0.307 e. The molecule has 1 aliphatic carbocycles. The zero-order valence-corrected chi connectivity index (χ0v) is 11.4. The molecule has 1 saturated heterocycles. The standard InChI is InChI=1S/C13H22N2O3/c1-13(2)7-14-12(17)10(6-11(16)18-3)15(8-13)9-4-5-9/h9-10H,4-8H2,1-3H3,(H,14,17). The van der Waals surface area contributed by atoms with Gasteiger partial charge in [0.25, 0.3) is 0 Å². The molecule has 1 saturated carbocycles. The van der Waals surface area contributed by atoms with Crippen LogP contribution in [0.4, 0.5) is 0 Å². The predicted molar refractivity (Wildman–Crippen MR) is 66.9 cm³/mol. The molecule has 5 heteroatoms. The molecule has 1 unspecified atom stereocenters. The molecule has 1 amide bonds. The molecule has 1 aliphatic heterocycles. The lowest BCUT2D eigenvalue weighted by atomic mass is 9.93. The smallest absolute Gasteiger partial charge is 0.307 e. The fourth-order valence-electron chi connectivity index (χ4n) is 2.50. The number of amides is 1. The van der Waals surface area contributed by atoms with Crippen molar-refractivity contribution >= 4 is 11.9 Å². The van der Waals surface area contributed by atoms with Gasteiger partial charge in [-0.15, -0.1) is 0 Å². The van der Waals surface area contributed by atoms with Crippen LogP contribution in [0.15, 0.2) is 0 Å². The average Bonchev–Trinajstić information content (AvgIpc) is 3.13. The fraction of sp³-hybridized carbons (Fsp3) is 0.846. The Bertz CT molecular complexity index is 350. The normalized spacial score (nSPS) is 28.4. The van der Waals surface area contributed by atoms with E-state index in [-0.39, 0.29) is 29.8 Å². The second kappa shape index (κ2) is 4.88. The molecule has 2 fully saturated rings. The monoisotopic (exact) mass is 254 g/mol. The number of esters is 1. The highest BCUT2D eigenvalue weighted by molar-refractivity contribution is 5.87. The van der Waals surface area contributed by atoms with Gasteiger partial charge in [-0.2, -0.15) is 0 Å². The Kier molecular flexibility index (Phi) is 3.61. The van der Waals surface area contributed by atoms with Crippen molar-refractivity contribution in [1.82, 2.24) is 10.2 Å². The van der Waals surface area contributed by atoms with E-state index in [1.165, 1.54) is 7.11 Å². The van der Waals surface area contributed by atoms with Crippen LogP contribution in [0.25, 0.3) is 0 Å². The lowest BCUT2D eigenvalue weighted by Crippen LogP contribution is -2.47. The van der Waals surface area contributed by atoms with Gasteiger partial charge >= 0.3 is 5.97 Å². The summed E-state index contributed by atoms with van der Waals surface area (Å²) >= 11 is 0. The highest BCUT2D eigenvalue weighted by Crippen LogP contribution is 2.34. The van der Waals surface area contributed by atoms with Gasteiger partial charge in [0, 0.05) is 19.1 Å². The molecular weight excluding hydrogens is 232 g/mol. The minimum atomic E-state index is -0.369. The Morgan fingerprint density at radius 3 is 2.72 bits per heavy atom. The quantitative estimate of drug-likeness (QED) is 0.747. The molecule has 2 aliphatic rings. The molecule has 0 spiro atoms. The summed E-state index contributed by atoms with van der Waals surface area (Å²) in [6.07, 6.45) is 2.40. The number of nitrogens with one attached hydrogen (secondary N) is 1. The summed E-state index contributed by atoms with van der Waals surface area (Å²) in [7, 11) is 1.36. The first-order chi connectivity index (χ1) is 8.43. The average molecular weight is 254 g/mol. The number of methoxy groups -OCH3 is 1. The van der Waals surface area contributed by atoms with E-state index in [1.54, 1.807) is 0 Å². The van der Waals surface area contributed by atoms with Crippen molar-refractivity contribution in [2.75, 3.05) is 20.2 Å². The minimum absolute atomic E-state index is 0.0436. The van der Waals surface area contributed by atoms with Crippen molar-refractivity contribution < 1.29 is 14.3 Å². The first-order valence-corrected chi connectivity index (χ1v) is 6.53. The number of ether oxygens (including phenoxy) is 1. The molecule has 1 heterocycles. The van der Waals surface area contributed by atoms with Crippen molar-refractivity contribution in [2.45, 2.75) is 45.2 Å². The van der Waals surface area contributed by atoms with Crippen molar-refractivity contribution in [1.29, 1.82) is 0 Å². The predicted octanol–water partition coefficient (Wildman–Crippen LogP) is 0.539. The first-order valence-electron chi connectivity index (χ1n) is 6.53.